The van der Waals surface area contributed by atoms with Crippen LogP contribution >= 0.6 is 22.9 Å². The first-order valence-electron chi connectivity index (χ1n) is 5.91. The Morgan fingerprint density at radius 1 is 1.47 bits per heavy atom. The van der Waals surface area contributed by atoms with Crippen LogP contribution in [-0.4, -0.2) is 14.8 Å². The molecule has 0 saturated carbocycles. The van der Waals surface area contributed by atoms with Gasteiger partial charge < -0.3 is 5.32 Å². The van der Waals surface area contributed by atoms with Crippen LogP contribution in [-0.2, 0) is 6.54 Å². The van der Waals surface area contributed by atoms with Gasteiger partial charge in [-0.3, -0.25) is 4.79 Å². The Hall–Kier alpha value is -1.40. The standard InChI is InChI=1S/C12H15ClN4OS/c1-7(2)17-12(18)11(13)9(5-16-17)14-6-10-15-4-8(3)19-10/h4-5,7,14H,6H2,1-3H3. The molecule has 0 aliphatic carbocycles. The van der Waals surface area contributed by atoms with Crippen molar-refractivity contribution in [3.63, 3.8) is 0 Å². The minimum atomic E-state index is -0.281. The van der Waals surface area contributed by atoms with E-state index in [1.807, 2.05) is 27.0 Å². The molecule has 0 aromatic carbocycles. The summed E-state index contributed by atoms with van der Waals surface area (Å²) in [5.41, 5.74) is 0.258. The molecule has 5 nitrogen and oxygen atoms in total. The molecule has 2 heterocycles. The number of rotatable bonds is 4. The first kappa shape index (κ1) is 14.0. The molecule has 7 heteroatoms. The van der Waals surface area contributed by atoms with Gasteiger partial charge in [-0.2, -0.15) is 5.10 Å². The zero-order valence-corrected chi connectivity index (χ0v) is 12.5. The van der Waals surface area contributed by atoms with Crippen LogP contribution in [0.5, 0.6) is 0 Å². The van der Waals surface area contributed by atoms with Crippen molar-refractivity contribution in [1.29, 1.82) is 0 Å². The number of aryl methyl sites for hydroxylation is 1. The summed E-state index contributed by atoms with van der Waals surface area (Å²) >= 11 is 7.67. The van der Waals surface area contributed by atoms with Crippen molar-refractivity contribution >= 4 is 28.6 Å². The lowest BCUT2D eigenvalue weighted by atomic mass is 10.4. The van der Waals surface area contributed by atoms with E-state index in [4.69, 9.17) is 11.6 Å². The van der Waals surface area contributed by atoms with Crippen LogP contribution in [0.3, 0.4) is 0 Å². The van der Waals surface area contributed by atoms with E-state index in [2.05, 4.69) is 15.4 Å². The van der Waals surface area contributed by atoms with E-state index in [0.717, 1.165) is 9.88 Å². The molecule has 0 unspecified atom stereocenters. The monoisotopic (exact) mass is 298 g/mol. The van der Waals surface area contributed by atoms with Gasteiger partial charge in [0.05, 0.1) is 24.5 Å². The van der Waals surface area contributed by atoms with Crippen molar-refractivity contribution in [3.05, 3.63) is 37.7 Å². The summed E-state index contributed by atoms with van der Waals surface area (Å²) < 4.78 is 1.36. The quantitative estimate of drug-likeness (QED) is 0.943. The third kappa shape index (κ3) is 3.13. The number of anilines is 1. The summed E-state index contributed by atoms with van der Waals surface area (Å²) in [6.07, 6.45) is 3.39. The highest BCUT2D eigenvalue weighted by Crippen LogP contribution is 2.18. The third-order valence-corrected chi connectivity index (χ3v) is 3.81. The number of halogens is 1. The van der Waals surface area contributed by atoms with Crippen molar-refractivity contribution in [3.8, 4) is 0 Å². The molecule has 0 fully saturated rings. The van der Waals surface area contributed by atoms with Gasteiger partial charge in [0.2, 0.25) is 0 Å². The normalized spacial score (nSPS) is 11.0. The Labute approximate surface area is 120 Å². The average molecular weight is 299 g/mol. The molecule has 2 aromatic rings. The first-order valence-corrected chi connectivity index (χ1v) is 7.11. The third-order valence-electron chi connectivity index (χ3n) is 2.53. The topological polar surface area (TPSA) is 59.8 Å². The number of hydrogen-bond donors (Lipinski definition) is 1. The summed E-state index contributed by atoms with van der Waals surface area (Å²) in [6, 6.07) is -0.0133. The molecule has 102 valence electrons. The number of thiazole rings is 1. The molecule has 1 N–H and O–H groups in total. The van der Waals surface area contributed by atoms with E-state index in [1.54, 1.807) is 17.5 Å². The van der Waals surface area contributed by atoms with E-state index in [1.165, 1.54) is 4.68 Å². The van der Waals surface area contributed by atoms with Gasteiger partial charge in [0.1, 0.15) is 10.0 Å². The molecule has 0 amide bonds. The molecule has 0 radical (unpaired) electrons. The molecule has 0 saturated heterocycles. The van der Waals surface area contributed by atoms with E-state index in [-0.39, 0.29) is 16.6 Å². The van der Waals surface area contributed by atoms with Crippen LogP contribution in [0.1, 0.15) is 29.8 Å². The average Bonchev–Trinajstić information content (AvgIpc) is 2.76. The van der Waals surface area contributed by atoms with Crippen LogP contribution in [0.2, 0.25) is 5.02 Å². The smallest absolute Gasteiger partial charge is 0.287 e. The van der Waals surface area contributed by atoms with Crippen LogP contribution in [0.15, 0.2) is 17.2 Å². The highest BCUT2D eigenvalue weighted by molar-refractivity contribution is 7.11. The second-order valence-electron chi connectivity index (χ2n) is 4.43. The van der Waals surface area contributed by atoms with E-state index in [9.17, 15) is 4.79 Å². The Morgan fingerprint density at radius 2 is 2.21 bits per heavy atom. The van der Waals surface area contributed by atoms with Gasteiger partial charge in [-0.1, -0.05) is 11.6 Å². The lowest BCUT2D eigenvalue weighted by Gasteiger charge is -2.11. The molecule has 0 aliphatic rings. The number of aromatic nitrogens is 3. The molecular weight excluding hydrogens is 284 g/mol. The van der Waals surface area contributed by atoms with Crippen LogP contribution in [0.4, 0.5) is 5.69 Å². The Morgan fingerprint density at radius 3 is 2.79 bits per heavy atom. The summed E-state index contributed by atoms with van der Waals surface area (Å²) in [6.45, 7) is 6.30. The zero-order valence-electron chi connectivity index (χ0n) is 11.0. The fourth-order valence-electron chi connectivity index (χ4n) is 1.59. The highest BCUT2D eigenvalue weighted by Gasteiger charge is 2.11. The largest absolute Gasteiger partial charge is 0.376 e. The summed E-state index contributed by atoms with van der Waals surface area (Å²) in [7, 11) is 0. The summed E-state index contributed by atoms with van der Waals surface area (Å²) in [4.78, 5) is 17.3. The van der Waals surface area contributed by atoms with Crippen LogP contribution < -0.4 is 10.9 Å². The molecule has 2 rings (SSSR count). The van der Waals surface area contributed by atoms with Crippen molar-refractivity contribution in [2.45, 2.75) is 33.4 Å². The molecule has 19 heavy (non-hydrogen) atoms. The Kier molecular flexibility index (Phi) is 4.21. The van der Waals surface area contributed by atoms with Gasteiger partial charge in [-0.15, -0.1) is 11.3 Å². The van der Waals surface area contributed by atoms with Crippen molar-refractivity contribution in [2.24, 2.45) is 0 Å². The number of nitrogens with one attached hydrogen (secondary N) is 1. The van der Waals surface area contributed by atoms with Crippen molar-refractivity contribution < 1.29 is 0 Å². The van der Waals surface area contributed by atoms with E-state index >= 15 is 0 Å². The van der Waals surface area contributed by atoms with Gasteiger partial charge in [0, 0.05) is 11.1 Å². The Balaban J connectivity index is 2.18. The minimum absolute atomic E-state index is 0.0133. The molecule has 2 aromatic heterocycles. The van der Waals surface area contributed by atoms with Gasteiger partial charge in [-0.05, 0) is 20.8 Å². The predicted octanol–water partition coefficient (Wildman–Crippen LogP) is 2.85. The fourth-order valence-corrected chi connectivity index (χ4v) is 2.52. The maximum Gasteiger partial charge on any atom is 0.287 e. The second-order valence-corrected chi connectivity index (χ2v) is 6.13. The van der Waals surface area contributed by atoms with Gasteiger partial charge in [0.25, 0.3) is 5.56 Å². The molecule has 0 spiro atoms. The van der Waals surface area contributed by atoms with E-state index < -0.39 is 0 Å². The Bertz CT molecular complexity index is 635. The second kappa shape index (κ2) is 5.71. The van der Waals surface area contributed by atoms with E-state index in [0.29, 0.717) is 12.2 Å². The number of hydrogen-bond acceptors (Lipinski definition) is 5. The molecule has 0 atom stereocenters. The van der Waals surface area contributed by atoms with Crippen molar-refractivity contribution in [2.75, 3.05) is 5.32 Å². The van der Waals surface area contributed by atoms with Gasteiger partial charge >= 0.3 is 0 Å². The van der Waals surface area contributed by atoms with Crippen LogP contribution in [0, 0.1) is 6.92 Å². The molecular formula is C12H15ClN4OS. The predicted molar refractivity (Wildman–Crippen MR) is 78.1 cm³/mol. The summed E-state index contributed by atoms with van der Waals surface area (Å²) in [5.74, 6) is 0. The lowest BCUT2D eigenvalue weighted by Crippen LogP contribution is -2.25. The van der Waals surface area contributed by atoms with Crippen LogP contribution in [0.25, 0.3) is 0 Å². The SMILES string of the molecule is Cc1cnc(CNc2cnn(C(C)C)c(=O)c2Cl)s1. The first-order chi connectivity index (χ1) is 8.99. The maximum absolute atomic E-state index is 12.0. The van der Waals surface area contributed by atoms with Gasteiger partial charge in [-0.25, -0.2) is 9.67 Å². The lowest BCUT2D eigenvalue weighted by molar-refractivity contribution is 0.503. The zero-order chi connectivity index (χ0) is 14.0. The summed E-state index contributed by atoms with van der Waals surface area (Å²) in [5, 5.41) is 8.30. The highest BCUT2D eigenvalue weighted by atomic mass is 35.5. The van der Waals surface area contributed by atoms with Gasteiger partial charge in [0.15, 0.2) is 0 Å². The fraction of sp³-hybridized carbons (Fsp3) is 0.417. The maximum atomic E-state index is 12.0. The molecule has 0 aliphatic heterocycles. The number of nitrogens with zero attached hydrogens (tertiary/aromatic N) is 3. The molecule has 0 bridgehead atoms. The van der Waals surface area contributed by atoms with Crippen molar-refractivity contribution in [1.82, 2.24) is 14.8 Å². The minimum Gasteiger partial charge on any atom is -0.376 e.